The van der Waals surface area contributed by atoms with Crippen molar-refractivity contribution >= 4 is 17.8 Å². The third kappa shape index (κ3) is 6.08. The molecular weight excluding hydrogens is 358 g/mol. The summed E-state index contributed by atoms with van der Waals surface area (Å²) in [6, 6.07) is 10.5. The van der Waals surface area contributed by atoms with Crippen molar-refractivity contribution in [3.05, 3.63) is 35.9 Å². The number of nitrogens with one attached hydrogen (secondary N) is 2. The van der Waals surface area contributed by atoms with E-state index in [-0.39, 0.29) is 18.2 Å². The van der Waals surface area contributed by atoms with Crippen molar-refractivity contribution in [2.24, 2.45) is 5.92 Å². The summed E-state index contributed by atoms with van der Waals surface area (Å²) in [6.45, 7) is 3.11. The van der Waals surface area contributed by atoms with Crippen LogP contribution in [0.15, 0.2) is 30.3 Å². The van der Waals surface area contributed by atoms with E-state index < -0.39 is 30.1 Å². The van der Waals surface area contributed by atoms with Crippen LogP contribution in [0.1, 0.15) is 45.1 Å². The normalized spacial score (nSPS) is 16.1. The lowest BCUT2D eigenvalue weighted by Gasteiger charge is -2.23. The van der Waals surface area contributed by atoms with Gasteiger partial charge in [-0.05, 0) is 37.2 Å². The number of ether oxygens (including phenoxy) is 1. The lowest BCUT2D eigenvalue weighted by molar-refractivity contribution is -0.153. The van der Waals surface area contributed by atoms with Crippen LogP contribution in [0.4, 0.5) is 0 Å². The molecule has 1 aromatic rings. The van der Waals surface area contributed by atoms with Crippen LogP contribution >= 0.6 is 0 Å². The highest BCUT2D eigenvalue weighted by Gasteiger charge is 2.35. The molecule has 1 aliphatic carbocycles. The average molecular weight is 385 g/mol. The standard InChI is InChI=1S/C21H27N3O4/c1-15(2)19(23-17(25)12-16-8-4-3-5-9-16)20(27)28-13-18(26)24-21(14-22)10-6-7-11-21/h3-5,8-9,15,19H,6-7,10-13H2,1-2H3,(H,23,25)(H,24,26)/t19-/m0/s1. The topological polar surface area (TPSA) is 108 Å². The highest BCUT2D eigenvalue weighted by Crippen LogP contribution is 2.28. The summed E-state index contributed by atoms with van der Waals surface area (Å²) >= 11 is 0. The number of amides is 2. The van der Waals surface area contributed by atoms with E-state index in [9.17, 15) is 19.6 Å². The van der Waals surface area contributed by atoms with E-state index in [1.807, 2.05) is 30.3 Å². The van der Waals surface area contributed by atoms with Gasteiger partial charge in [0.25, 0.3) is 5.91 Å². The van der Waals surface area contributed by atoms with Crippen LogP contribution in [0, 0.1) is 17.2 Å². The quantitative estimate of drug-likeness (QED) is 0.664. The first-order chi connectivity index (χ1) is 13.3. The van der Waals surface area contributed by atoms with E-state index in [1.54, 1.807) is 13.8 Å². The van der Waals surface area contributed by atoms with Crippen LogP contribution in [-0.4, -0.2) is 36.0 Å². The van der Waals surface area contributed by atoms with Gasteiger partial charge in [0.1, 0.15) is 11.6 Å². The molecule has 0 radical (unpaired) electrons. The molecule has 0 bridgehead atoms. The maximum atomic E-state index is 12.4. The Labute approximate surface area is 165 Å². The zero-order chi connectivity index (χ0) is 20.6. The van der Waals surface area contributed by atoms with E-state index in [2.05, 4.69) is 16.7 Å². The average Bonchev–Trinajstić information content (AvgIpc) is 3.13. The second-order valence-electron chi connectivity index (χ2n) is 7.51. The Balaban J connectivity index is 1.85. The predicted octanol–water partition coefficient (Wildman–Crippen LogP) is 1.87. The Morgan fingerprint density at radius 3 is 2.36 bits per heavy atom. The smallest absolute Gasteiger partial charge is 0.329 e. The van der Waals surface area contributed by atoms with Gasteiger partial charge in [0.2, 0.25) is 5.91 Å². The minimum Gasteiger partial charge on any atom is -0.454 e. The molecule has 0 saturated heterocycles. The lowest BCUT2D eigenvalue weighted by Crippen LogP contribution is -2.49. The molecule has 1 aromatic carbocycles. The molecule has 7 heteroatoms. The number of rotatable bonds is 8. The van der Waals surface area contributed by atoms with Gasteiger partial charge in [-0.1, -0.05) is 44.2 Å². The van der Waals surface area contributed by atoms with Gasteiger partial charge in [0.15, 0.2) is 6.61 Å². The highest BCUT2D eigenvalue weighted by molar-refractivity contribution is 5.87. The molecule has 2 rings (SSSR count). The Hall–Kier alpha value is -2.88. The molecule has 1 fully saturated rings. The van der Waals surface area contributed by atoms with Crippen LogP contribution in [0.5, 0.6) is 0 Å². The van der Waals surface area contributed by atoms with E-state index in [0.29, 0.717) is 12.8 Å². The van der Waals surface area contributed by atoms with Crippen molar-refractivity contribution in [3.8, 4) is 6.07 Å². The first-order valence-electron chi connectivity index (χ1n) is 9.57. The fraction of sp³-hybridized carbons (Fsp3) is 0.524. The van der Waals surface area contributed by atoms with Crippen molar-refractivity contribution in [2.75, 3.05) is 6.61 Å². The Morgan fingerprint density at radius 2 is 1.79 bits per heavy atom. The monoisotopic (exact) mass is 385 g/mol. The molecule has 7 nitrogen and oxygen atoms in total. The summed E-state index contributed by atoms with van der Waals surface area (Å²) in [5, 5.41) is 14.7. The zero-order valence-corrected chi connectivity index (χ0v) is 16.4. The Kier molecular flexibility index (Phi) is 7.56. The molecular formula is C21H27N3O4. The molecule has 1 aliphatic rings. The maximum absolute atomic E-state index is 12.4. The number of hydrogen-bond acceptors (Lipinski definition) is 5. The first kappa shape index (κ1) is 21.4. The molecule has 0 spiro atoms. The molecule has 0 unspecified atom stereocenters. The van der Waals surface area contributed by atoms with E-state index in [0.717, 1.165) is 18.4 Å². The van der Waals surface area contributed by atoms with Crippen LogP contribution < -0.4 is 10.6 Å². The SMILES string of the molecule is CC(C)[C@H](NC(=O)Cc1ccccc1)C(=O)OCC(=O)NC1(C#N)CCCC1. The number of hydrogen-bond donors (Lipinski definition) is 2. The molecule has 28 heavy (non-hydrogen) atoms. The van der Waals surface area contributed by atoms with Crippen molar-refractivity contribution in [1.82, 2.24) is 10.6 Å². The van der Waals surface area contributed by atoms with Gasteiger partial charge < -0.3 is 15.4 Å². The van der Waals surface area contributed by atoms with Gasteiger partial charge in [-0.3, -0.25) is 9.59 Å². The van der Waals surface area contributed by atoms with E-state index >= 15 is 0 Å². The van der Waals surface area contributed by atoms with Crippen LogP contribution in [0.25, 0.3) is 0 Å². The molecule has 0 aromatic heterocycles. The van der Waals surface area contributed by atoms with Crippen LogP contribution in [0.2, 0.25) is 0 Å². The first-order valence-corrected chi connectivity index (χ1v) is 9.57. The maximum Gasteiger partial charge on any atom is 0.329 e. The molecule has 0 heterocycles. The second kappa shape index (κ2) is 9.88. The zero-order valence-electron chi connectivity index (χ0n) is 16.4. The number of esters is 1. The fourth-order valence-corrected chi connectivity index (χ4v) is 3.28. The van der Waals surface area contributed by atoms with Gasteiger partial charge in [0, 0.05) is 0 Å². The van der Waals surface area contributed by atoms with Gasteiger partial charge in [-0.2, -0.15) is 5.26 Å². The van der Waals surface area contributed by atoms with Crippen molar-refractivity contribution in [2.45, 2.75) is 57.5 Å². The molecule has 2 N–H and O–H groups in total. The largest absolute Gasteiger partial charge is 0.454 e. The van der Waals surface area contributed by atoms with Crippen LogP contribution in [-0.2, 0) is 25.5 Å². The fourth-order valence-electron chi connectivity index (χ4n) is 3.28. The van der Waals surface area contributed by atoms with Gasteiger partial charge in [-0.15, -0.1) is 0 Å². The lowest BCUT2D eigenvalue weighted by atomic mass is 10.00. The summed E-state index contributed by atoms with van der Waals surface area (Å²) in [5.74, 6) is -1.66. The predicted molar refractivity (Wildman–Crippen MR) is 103 cm³/mol. The number of carbonyl (C=O) groups excluding carboxylic acids is 3. The Bertz CT molecular complexity index is 734. The van der Waals surface area contributed by atoms with E-state index in [4.69, 9.17) is 4.74 Å². The summed E-state index contributed by atoms with van der Waals surface area (Å²) in [7, 11) is 0. The van der Waals surface area contributed by atoms with Crippen molar-refractivity contribution < 1.29 is 19.1 Å². The molecule has 0 aliphatic heterocycles. The highest BCUT2D eigenvalue weighted by atomic mass is 16.5. The number of nitrogens with zero attached hydrogens (tertiary/aromatic N) is 1. The summed E-state index contributed by atoms with van der Waals surface area (Å²) in [5.41, 5.74) is -0.0150. The van der Waals surface area contributed by atoms with Crippen LogP contribution in [0.3, 0.4) is 0 Å². The Morgan fingerprint density at radius 1 is 1.14 bits per heavy atom. The minimum absolute atomic E-state index is 0.155. The summed E-state index contributed by atoms with van der Waals surface area (Å²) < 4.78 is 5.10. The van der Waals surface area contributed by atoms with Gasteiger partial charge >= 0.3 is 5.97 Å². The van der Waals surface area contributed by atoms with Gasteiger partial charge in [-0.25, -0.2) is 4.79 Å². The second-order valence-corrected chi connectivity index (χ2v) is 7.51. The van der Waals surface area contributed by atoms with E-state index in [1.165, 1.54) is 0 Å². The van der Waals surface area contributed by atoms with Gasteiger partial charge in [0.05, 0.1) is 12.5 Å². The third-order valence-electron chi connectivity index (χ3n) is 4.84. The molecule has 1 atom stereocenters. The number of benzene rings is 1. The number of carbonyl (C=O) groups is 3. The van der Waals surface area contributed by atoms with Crippen molar-refractivity contribution in [3.63, 3.8) is 0 Å². The summed E-state index contributed by atoms with van der Waals surface area (Å²) in [6.07, 6.45) is 3.14. The minimum atomic E-state index is -0.856. The molecule has 150 valence electrons. The molecule has 2 amide bonds. The molecule has 1 saturated carbocycles. The summed E-state index contributed by atoms with van der Waals surface area (Å²) in [4.78, 5) is 36.7. The third-order valence-corrected chi connectivity index (χ3v) is 4.84. The van der Waals surface area contributed by atoms with Crippen molar-refractivity contribution in [1.29, 1.82) is 5.26 Å². The number of nitriles is 1.